The molecule has 0 aliphatic heterocycles. The molecule has 0 aliphatic carbocycles. The number of aryl methyl sites for hydroxylation is 2. The van der Waals surface area contributed by atoms with Crippen molar-refractivity contribution >= 4 is 12.3 Å². The molecule has 0 unspecified atom stereocenters. The molecule has 0 fully saturated rings. The lowest BCUT2D eigenvalue weighted by Gasteiger charge is -1.95. The maximum absolute atomic E-state index is 4.36. The summed E-state index contributed by atoms with van der Waals surface area (Å²) in [4.78, 5) is 0. The molecule has 0 bridgehead atoms. The minimum atomic E-state index is 1.05. The van der Waals surface area contributed by atoms with Gasteiger partial charge < -0.3 is 0 Å². The van der Waals surface area contributed by atoms with Gasteiger partial charge in [0.2, 0.25) is 0 Å². The van der Waals surface area contributed by atoms with E-state index < -0.39 is 0 Å². The van der Waals surface area contributed by atoms with Crippen molar-refractivity contribution < 1.29 is 0 Å². The fraction of sp³-hybridized carbons (Fsp3) is 0.154. The van der Waals surface area contributed by atoms with E-state index >= 15 is 0 Å². The van der Waals surface area contributed by atoms with E-state index in [-0.39, 0.29) is 0 Å². The number of hydrogen-bond donors (Lipinski definition) is 0. The van der Waals surface area contributed by atoms with Crippen molar-refractivity contribution in [2.45, 2.75) is 13.8 Å². The Morgan fingerprint density at radius 3 is 2.47 bits per heavy atom. The summed E-state index contributed by atoms with van der Waals surface area (Å²) in [6.07, 6.45) is 4.04. The molecule has 0 spiro atoms. The van der Waals surface area contributed by atoms with Crippen LogP contribution in [0.2, 0.25) is 0 Å². The maximum Gasteiger partial charge on any atom is 0.0600 e. The summed E-state index contributed by atoms with van der Waals surface area (Å²) in [7, 11) is 0. The highest BCUT2D eigenvalue weighted by molar-refractivity contribution is 5.60. The van der Waals surface area contributed by atoms with Crippen LogP contribution in [0.3, 0.4) is 0 Å². The van der Waals surface area contributed by atoms with Crippen molar-refractivity contribution in [3.05, 3.63) is 53.3 Å². The summed E-state index contributed by atoms with van der Waals surface area (Å²) >= 11 is 0. The molecule has 0 amide bonds. The molecule has 76 valence electrons. The number of rotatable bonds is 2. The number of nitrogens with zero attached hydrogens (tertiary/aromatic N) is 2. The summed E-state index contributed by atoms with van der Waals surface area (Å²) in [5.74, 6) is 0. The molecule has 2 rings (SSSR count). The zero-order chi connectivity index (χ0) is 10.7. The predicted molar refractivity (Wildman–Crippen MR) is 63.4 cm³/mol. The Morgan fingerprint density at radius 1 is 1.13 bits per heavy atom. The van der Waals surface area contributed by atoms with Crippen molar-refractivity contribution in [2.75, 3.05) is 0 Å². The molecule has 2 aromatic rings. The monoisotopic (exact) mass is 198 g/mol. The van der Waals surface area contributed by atoms with Crippen molar-refractivity contribution in [3.8, 4) is 0 Å². The fourth-order valence-corrected chi connectivity index (χ4v) is 1.52. The van der Waals surface area contributed by atoms with Gasteiger partial charge in [0.1, 0.15) is 0 Å². The Kier molecular flexibility index (Phi) is 2.68. The molecule has 0 saturated carbocycles. The first kappa shape index (κ1) is 9.71. The number of hydrogen-bond acceptors (Lipinski definition) is 1. The van der Waals surface area contributed by atoms with E-state index in [1.807, 2.05) is 36.0 Å². The average molecular weight is 198 g/mol. The van der Waals surface area contributed by atoms with Crippen LogP contribution in [0.5, 0.6) is 0 Å². The van der Waals surface area contributed by atoms with Crippen molar-refractivity contribution in [1.29, 1.82) is 0 Å². The molecule has 0 aliphatic rings. The van der Waals surface area contributed by atoms with Crippen LogP contribution in [0, 0.1) is 13.8 Å². The molecule has 1 aromatic carbocycles. The first-order valence-electron chi connectivity index (χ1n) is 5.02. The summed E-state index contributed by atoms with van der Waals surface area (Å²) < 4.78 is 1.89. The molecule has 0 saturated heterocycles. The van der Waals surface area contributed by atoms with Crippen LogP contribution in [-0.2, 0) is 0 Å². The van der Waals surface area contributed by atoms with E-state index in [2.05, 4.69) is 36.3 Å². The summed E-state index contributed by atoms with van der Waals surface area (Å²) in [5, 5.41) is 4.36. The van der Waals surface area contributed by atoms with Crippen LogP contribution < -0.4 is 0 Å². The minimum absolute atomic E-state index is 1.05. The molecule has 1 heterocycles. The second kappa shape index (κ2) is 4.13. The largest absolute Gasteiger partial charge is 0.245 e. The molecule has 0 radical (unpaired) electrons. The Hall–Kier alpha value is -1.83. The normalized spacial score (nSPS) is 11.1. The lowest BCUT2D eigenvalue weighted by Crippen LogP contribution is -1.91. The second-order valence-corrected chi connectivity index (χ2v) is 3.60. The zero-order valence-corrected chi connectivity index (χ0v) is 9.01. The van der Waals surface area contributed by atoms with Crippen LogP contribution in [0.4, 0.5) is 0 Å². The van der Waals surface area contributed by atoms with Gasteiger partial charge in [0.15, 0.2) is 0 Å². The van der Waals surface area contributed by atoms with Crippen LogP contribution in [0.1, 0.15) is 17.0 Å². The predicted octanol–water partition coefficient (Wildman–Crippen LogP) is 3.13. The van der Waals surface area contributed by atoms with Crippen LogP contribution >= 0.6 is 0 Å². The minimum Gasteiger partial charge on any atom is -0.245 e. The Labute approximate surface area is 89.9 Å². The highest BCUT2D eigenvalue weighted by atomic mass is 15.3. The molecular formula is C13H14N2. The quantitative estimate of drug-likeness (QED) is 0.725. The highest BCUT2D eigenvalue weighted by Gasteiger charge is 1.95. The molecule has 15 heavy (non-hydrogen) atoms. The topological polar surface area (TPSA) is 17.8 Å². The Bertz CT molecular complexity index is 467. The summed E-state index contributed by atoms with van der Waals surface area (Å²) in [6, 6.07) is 12.3. The maximum atomic E-state index is 4.36. The van der Waals surface area contributed by atoms with Gasteiger partial charge in [0.25, 0.3) is 0 Å². The number of benzene rings is 1. The molecular weight excluding hydrogens is 184 g/mol. The van der Waals surface area contributed by atoms with Crippen molar-refractivity contribution in [2.24, 2.45) is 0 Å². The average Bonchev–Trinajstić information content (AvgIpc) is 2.56. The SMILES string of the molecule is Cc1cc(C)n(/C=C\c2ccccc2)n1. The first-order valence-corrected chi connectivity index (χ1v) is 5.02. The van der Waals surface area contributed by atoms with E-state index in [0.29, 0.717) is 0 Å². The lowest BCUT2D eigenvalue weighted by molar-refractivity contribution is 0.883. The zero-order valence-electron chi connectivity index (χ0n) is 9.01. The van der Waals surface area contributed by atoms with Crippen molar-refractivity contribution in [1.82, 2.24) is 9.78 Å². The van der Waals surface area contributed by atoms with Crippen LogP contribution in [0.15, 0.2) is 36.4 Å². The van der Waals surface area contributed by atoms with Gasteiger partial charge in [-0.05, 0) is 31.6 Å². The van der Waals surface area contributed by atoms with Gasteiger partial charge in [0, 0.05) is 11.9 Å². The standard InChI is InChI=1S/C13H14N2/c1-11-10-12(2)15(14-11)9-8-13-6-4-3-5-7-13/h3-10H,1-2H3/b9-8-. The van der Waals surface area contributed by atoms with E-state index in [1.54, 1.807) is 0 Å². The smallest absolute Gasteiger partial charge is 0.0600 e. The molecule has 0 N–H and O–H groups in total. The first-order chi connectivity index (χ1) is 7.25. The van der Waals surface area contributed by atoms with E-state index in [1.165, 1.54) is 5.56 Å². The van der Waals surface area contributed by atoms with Gasteiger partial charge in [-0.15, -0.1) is 0 Å². The van der Waals surface area contributed by atoms with Gasteiger partial charge in [0.05, 0.1) is 5.69 Å². The van der Waals surface area contributed by atoms with E-state index in [4.69, 9.17) is 0 Å². The number of aromatic nitrogens is 2. The Morgan fingerprint density at radius 2 is 1.87 bits per heavy atom. The highest BCUT2D eigenvalue weighted by Crippen LogP contribution is 2.06. The lowest BCUT2D eigenvalue weighted by atomic mass is 10.2. The molecule has 1 aromatic heterocycles. The van der Waals surface area contributed by atoms with E-state index in [0.717, 1.165) is 11.4 Å². The van der Waals surface area contributed by atoms with Gasteiger partial charge in [-0.1, -0.05) is 30.3 Å². The molecule has 2 heteroatoms. The van der Waals surface area contributed by atoms with Crippen molar-refractivity contribution in [3.63, 3.8) is 0 Å². The third-order valence-corrected chi connectivity index (χ3v) is 2.25. The van der Waals surface area contributed by atoms with Gasteiger partial charge in [-0.2, -0.15) is 5.10 Å². The van der Waals surface area contributed by atoms with Gasteiger partial charge in [-0.3, -0.25) is 0 Å². The van der Waals surface area contributed by atoms with Crippen LogP contribution in [0.25, 0.3) is 12.3 Å². The van der Waals surface area contributed by atoms with E-state index in [9.17, 15) is 0 Å². The third kappa shape index (κ3) is 2.34. The van der Waals surface area contributed by atoms with Gasteiger partial charge in [-0.25, -0.2) is 4.68 Å². The van der Waals surface area contributed by atoms with Gasteiger partial charge >= 0.3 is 0 Å². The van der Waals surface area contributed by atoms with Crippen LogP contribution in [-0.4, -0.2) is 9.78 Å². The Balaban J connectivity index is 2.22. The molecule has 2 nitrogen and oxygen atoms in total. The summed E-state index contributed by atoms with van der Waals surface area (Å²) in [5.41, 5.74) is 3.38. The third-order valence-electron chi connectivity index (χ3n) is 2.25. The molecule has 0 atom stereocenters. The summed E-state index contributed by atoms with van der Waals surface area (Å²) in [6.45, 7) is 4.05. The fourth-order valence-electron chi connectivity index (χ4n) is 1.52. The second-order valence-electron chi connectivity index (χ2n) is 3.60.